The van der Waals surface area contributed by atoms with Crippen LogP contribution in [0.25, 0.3) is 0 Å². The Morgan fingerprint density at radius 2 is 1.79 bits per heavy atom. The van der Waals surface area contributed by atoms with Gasteiger partial charge in [0.1, 0.15) is 12.2 Å². The Morgan fingerprint density at radius 3 is 2.37 bits per heavy atom. The van der Waals surface area contributed by atoms with Crippen molar-refractivity contribution < 1.29 is 0 Å². The third-order valence-corrected chi connectivity index (χ3v) is 5.73. The van der Waals surface area contributed by atoms with Crippen molar-refractivity contribution in [1.29, 1.82) is 0 Å². The van der Waals surface area contributed by atoms with Crippen molar-refractivity contribution in [1.82, 2.24) is 14.8 Å². The second kappa shape index (κ2) is 4.30. The zero-order valence-electron chi connectivity index (χ0n) is 11.6. The first-order valence-electron chi connectivity index (χ1n) is 7.83. The molecule has 4 saturated carbocycles. The fourth-order valence-electron chi connectivity index (χ4n) is 5.58. The van der Waals surface area contributed by atoms with Gasteiger partial charge in [-0.3, -0.25) is 0 Å². The Bertz CT molecular complexity index is 429. The van der Waals surface area contributed by atoms with Crippen LogP contribution >= 0.6 is 0 Å². The summed E-state index contributed by atoms with van der Waals surface area (Å²) in [7, 11) is 0. The molecule has 19 heavy (non-hydrogen) atoms. The number of rotatable bonds is 4. The summed E-state index contributed by atoms with van der Waals surface area (Å²) in [5, 5.41) is 8.33. The molecule has 5 rings (SSSR count). The Morgan fingerprint density at radius 1 is 1.16 bits per heavy atom. The van der Waals surface area contributed by atoms with Crippen LogP contribution in [0.3, 0.4) is 0 Å². The Hall–Kier alpha value is -0.900. The van der Waals surface area contributed by atoms with E-state index in [9.17, 15) is 0 Å². The molecule has 104 valence electrons. The van der Waals surface area contributed by atoms with Crippen LogP contribution in [0.1, 0.15) is 44.3 Å². The molecular formula is C15H24N4. The highest BCUT2D eigenvalue weighted by molar-refractivity contribution is 5.02. The van der Waals surface area contributed by atoms with Crippen molar-refractivity contribution in [2.24, 2.45) is 28.9 Å². The molecule has 4 fully saturated rings. The van der Waals surface area contributed by atoms with Crippen molar-refractivity contribution in [3.8, 4) is 0 Å². The predicted molar refractivity (Wildman–Crippen MR) is 73.4 cm³/mol. The lowest BCUT2D eigenvalue weighted by atomic mass is 9.49. The predicted octanol–water partition coefficient (Wildman–Crippen LogP) is 2.00. The topological polar surface area (TPSA) is 56.7 Å². The van der Waals surface area contributed by atoms with E-state index >= 15 is 0 Å². The SMILES string of the molecule is NCCc1nncn1CC12CC3CC(CC(C3)C1)C2. The van der Waals surface area contributed by atoms with Crippen molar-refractivity contribution in [3.05, 3.63) is 12.2 Å². The fourth-order valence-corrected chi connectivity index (χ4v) is 5.58. The highest BCUT2D eigenvalue weighted by Crippen LogP contribution is 2.60. The second-order valence-corrected chi connectivity index (χ2v) is 7.33. The fraction of sp³-hybridized carbons (Fsp3) is 0.867. The molecule has 4 aliphatic rings. The third kappa shape index (κ3) is 2.00. The van der Waals surface area contributed by atoms with E-state index in [-0.39, 0.29) is 0 Å². The maximum atomic E-state index is 5.67. The lowest BCUT2D eigenvalue weighted by Crippen LogP contribution is -2.48. The van der Waals surface area contributed by atoms with Crippen molar-refractivity contribution in [2.45, 2.75) is 51.5 Å². The Kier molecular flexibility index (Phi) is 2.69. The molecule has 1 aromatic rings. The molecule has 0 amide bonds. The number of nitrogens with zero attached hydrogens (tertiary/aromatic N) is 3. The summed E-state index contributed by atoms with van der Waals surface area (Å²) in [5.41, 5.74) is 6.22. The molecule has 4 bridgehead atoms. The van der Waals surface area contributed by atoms with Gasteiger partial charge in [-0.25, -0.2) is 0 Å². The van der Waals surface area contributed by atoms with E-state index in [0.717, 1.165) is 36.5 Å². The minimum Gasteiger partial charge on any atom is -0.330 e. The van der Waals surface area contributed by atoms with E-state index in [1.165, 1.54) is 38.5 Å². The highest BCUT2D eigenvalue weighted by atomic mass is 15.3. The molecular weight excluding hydrogens is 236 g/mol. The molecule has 4 heteroatoms. The second-order valence-electron chi connectivity index (χ2n) is 7.33. The standard InChI is InChI=1S/C15H24N4/c16-2-1-14-18-17-10-19(14)9-15-6-11-3-12(7-15)5-13(4-11)8-15/h10-13H,1-9,16H2. The molecule has 4 nitrogen and oxygen atoms in total. The molecule has 1 heterocycles. The molecule has 0 atom stereocenters. The highest BCUT2D eigenvalue weighted by Gasteiger charge is 2.50. The zero-order valence-corrected chi connectivity index (χ0v) is 11.6. The third-order valence-electron chi connectivity index (χ3n) is 5.73. The van der Waals surface area contributed by atoms with Gasteiger partial charge in [0.05, 0.1) is 0 Å². The summed E-state index contributed by atoms with van der Waals surface area (Å²) >= 11 is 0. The van der Waals surface area contributed by atoms with Gasteiger partial charge < -0.3 is 10.3 Å². The first kappa shape index (κ1) is 11.9. The van der Waals surface area contributed by atoms with E-state index in [1.54, 1.807) is 0 Å². The summed E-state index contributed by atoms with van der Waals surface area (Å²) in [6.45, 7) is 1.80. The van der Waals surface area contributed by atoms with Crippen LogP contribution in [0, 0.1) is 23.2 Å². The zero-order chi connectivity index (χ0) is 12.9. The molecule has 0 saturated heterocycles. The van der Waals surface area contributed by atoms with Crippen molar-refractivity contribution in [3.63, 3.8) is 0 Å². The van der Waals surface area contributed by atoms with Crippen molar-refractivity contribution in [2.75, 3.05) is 6.54 Å². The van der Waals surface area contributed by atoms with E-state index in [1.807, 2.05) is 6.33 Å². The van der Waals surface area contributed by atoms with Crippen LogP contribution < -0.4 is 5.73 Å². The number of hydrogen-bond acceptors (Lipinski definition) is 3. The minimum absolute atomic E-state index is 0.556. The average molecular weight is 260 g/mol. The largest absolute Gasteiger partial charge is 0.330 e. The van der Waals surface area contributed by atoms with Crippen molar-refractivity contribution >= 4 is 0 Å². The van der Waals surface area contributed by atoms with Gasteiger partial charge >= 0.3 is 0 Å². The van der Waals surface area contributed by atoms with Gasteiger partial charge in [0, 0.05) is 13.0 Å². The smallest absolute Gasteiger partial charge is 0.134 e. The van der Waals surface area contributed by atoms with Gasteiger partial charge in [-0.1, -0.05) is 0 Å². The maximum absolute atomic E-state index is 5.67. The molecule has 0 aliphatic heterocycles. The summed E-state index contributed by atoms with van der Waals surface area (Å²) in [6.07, 6.45) is 11.6. The van der Waals surface area contributed by atoms with E-state index in [4.69, 9.17) is 5.73 Å². The molecule has 4 aliphatic carbocycles. The number of aromatic nitrogens is 3. The van der Waals surface area contributed by atoms with Crippen LogP contribution in [-0.4, -0.2) is 21.3 Å². The summed E-state index contributed by atoms with van der Waals surface area (Å²) < 4.78 is 2.29. The lowest BCUT2D eigenvalue weighted by Gasteiger charge is -2.57. The maximum Gasteiger partial charge on any atom is 0.134 e. The lowest BCUT2D eigenvalue weighted by molar-refractivity contribution is -0.0622. The summed E-state index contributed by atoms with van der Waals surface area (Å²) in [5.74, 6) is 4.13. The van der Waals surface area contributed by atoms with E-state index in [2.05, 4.69) is 14.8 Å². The average Bonchev–Trinajstić information content (AvgIpc) is 2.74. The van der Waals surface area contributed by atoms with E-state index in [0.29, 0.717) is 12.0 Å². The molecule has 2 N–H and O–H groups in total. The van der Waals surface area contributed by atoms with Gasteiger partial charge in [-0.15, -0.1) is 10.2 Å². The molecule has 0 radical (unpaired) electrons. The first-order chi connectivity index (χ1) is 9.26. The Balaban J connectivity index is 1.57. The first-order valence-corrected chi connectivity index (χ1v) is 7.83. The van der Waals surface area contributed by atoms with E-state index < -0.39 is 0 Å². The quantitative estimate of drug-likeness (QED) is 0.900. The summed E-state index contributed by atoms with van der Waals surface area (Å²) in [4.78, 5) is 0. The van der Waals surface area contributed by atoms with Crippen LogP contribution in [0.2, 0.25) is 0 Å². The number of nitrogens with two attached hydrogens (primary N) is 1. The van der Waals surface area contributed by atoms with Crippen LogP contribution in [-0.2, 0) is 13.0 Å². The summed E-state index contributed by atoms with van der Waals surface area (Å²) in [6, 6.07) is 0. The van der Waals surface area contributed by atoms with Crippen LogP contribution in [0.5, 0.6) is 0 Å². The van der Waals surface area contributed by atoms with Crippen LogP contribution in [0.15, 0.2) is 6.33 Å². The van der Waals surface area contributed by atoms with Gasteiger partial charge in [0.2, 0.25) is 0 Å². The molecule has 0 spiro atoms. The molecule has 1 aromatic heterocycles. The normalized spacial score (nSPS) is 39.9. The van der Waals surface area contributed by atoms with Gasteiger partial charge in [0.15, 0.2) is 0 Å². The Labute approximate surface area is 114 Å². The van der Waals surface area contributed by atoms with Gasteiger partial charge in [-0.05, 0) is 68.2 Å². The van der Waals surface area contributed by atoms with Gasteiger partial charge in [0.25, 0.3) is 0 Å². The molecule has 0 unspecified atom stereocenters. The van der Waals surface area contributed by atoms with Crippen LogP contribution in [0.4, 0.5) is 0 Å². The van der Waals surface area contributed by atoms with Gasteiger partial charge in [-0.2, -0.15) is 0 Å². The monoisotopic (exact) mass is 260 g/mol. The minimum atomic E-state index is 0.556. The number of hydrogen-bond donors (Lipinski definition) is 1. The molecule has 0 aromatic carbocycles.